The van der Waals surface area contributed by atoms with Crippen LogP contribution in [0.15, 0.2) is 48.7 Å². The second kappa shape index (κ2) is 7.60. The molecule has 4 rings (SSSR count). The van der Waals surface area contributed by atoms with E-state index in [0.717, 1.165) is 53.9 Å². The third-order valence-electron chi connectivity index (χ3n) is 4.20. The molecule has 0 radical (unpaired) electrons. The molecule has 1 aromatic carbocycles. The van der Waals surface area contributed by atoms with Gasteiger partial charge in [0.1, 0.15) is 11.6 Å². The second-order valence-corrected chi connectivity index (χ2v) is 5.77. The summed E-state index contributed by atoms with van der Waals surface area (Å²) in [5.41, 5.74) is 2.32. The Balaban J connectivity index is 0.00000169. The number of piperidine rings is 1. The molecule has 0 spiro atoms. The molecule has 1 fully saturated rings. The van der Waals surface area contributed by atoms with Gasteiger partial charge in [-0.05, 0) is 37.4 Å². The van der Waals surface area contributed by atoms with Crippen molar-refractivity contribution in [2.45, 2.75) is 12.8 Å². The Bertz CT molecular complexity index is 847. The molecule has 0 N–H and O–H groups in total. The molecule has 3 aromatic rings. The molecule has 24 heavy (non-hydrogen) atoms. The van der Waals surface area contributed by atoms with Gasteiger partial charge in [0.05, 0.1) is 11.2 Å². The summed E-state index contributed by atoms with van der Waals surface area (Å²) in [4.78, 5) is 11.6. The molecule has 0 saturated carbocycles. The van der Waals surface area contributed by atoms with Crippen molar-refractivity contribution in [1.82, 2.24) is 9.97 Å². The monoisotopic (exact) mass is 329 g/mol. The van der Waals surface area contributed by atoms with Gasteiger partial charge in [-0.15, -0.1) is 0 Å². The van der Waals surface area contributed by atoms with Crippen LogP contribution < -0.4 is 34.5 Å². The zero-order valence-electron chi connectivity index (χ0n) is 13.7. The molecule has 1 aliphatic rings. The van der Waals surface area contributed by atoms with Crippen LogP contribution in [-0.2, 0) is 0 Å². The van der Waals surface area contributed by atoms with Gasteiger partial charge in [-0.3, -0.25) is 4.98 Å². The number of benzene rings is 1. The smallest absolute Gasteiger partial charge is 0.362 e. The third kappa shape index (κ3) is 3.46. The first-order valence-corrected chi connectivity index (χ1v) is 7.89. The summed E-state index contributed by atoms with van der Waals surface area (Å²) in [5.74, 6) is 0.684. The van der Waals surface area contributed by atoms with E-state index in [1.165, 1.54) is 12.1 Å². The van der Waals surface area contributed by atoms with Crippen LogP contribution in [0.1, 0.15) is 12.8 Å². The summed E-state index contributed by atoms with van der Waals surface area (Å²) in [6.45, 7) is 1.95. The van der Waals surface area contributed by atoms with Gasteiger partial charge < -0.3 is 11.3 Å². The van der Waals surface area contributed by atoms with Gasteiger partial charge in [-0.2, -0.15) is 12.8 Å². The van der Waals surface area contributed by atoms with Gasteiger partial charge in [0.25, 0.3) is 0 Å². The number of hydrogen-bond donors (Lipinski definition) is 0. The van der Waals surface area contributed by atoms with Crippen molar-refractivity contribution in [1.29, 1.82) is 0 Å². The Labute approximate surface area is 163 Å². The SMILES string of the molecule is Fc1cccc(-c2nc(N3CC[CH-]CC3)cc3cccnc23)c1.[Na+]. The summed E-state index contributed by atoms with van der Waals surface area (Å²) in [6, 6.07) is 12.6. The molecule has 0 amide bonds. The van der Waals surface area contributed by atoms with Crippen LogP contribution in [0.2, 0.25) is 0 Å². The molecule has 2 aromatic heterocycles. The number of pyridine rings is 2. The zero-order valence-corrected chi connectivity index (χ0v) is 15.7. The van der Waals surface area contributed by atoms with Crippen LogP contribution in [0.25, 0.3) is 22.2 Å². The van der Waals surface area contributed by atoms with E-state index in [0.29, 0.717) is 0 Å². The number of anilines is 1. The quantitative estimate of drug-likeness (QED) is 0.523. The van der Waals surface area contributed by atoms with Crippen molar-refractivity contribution in [2.24, 2.45) is 0 Å². The molecule has 0 atom stereocenters. The zero-order chi connectivity index (χ0) is 15.6. The Morgan fingerprint density at radius 1 is 1.04 bits per heavy atom. The van der Waals surface area contributed by atoms with Crippen LogP contribution in [0.4, 0.5) is 10.2 Å². The maximum absolute atomic E-state index is 13.6. The van der Waals surface area contributed by atoms with Crippen molar-refractivity contribution < 1.29 is 33.9 Å². The number of fused-ring (bicyclic) bond motifs is 1. The largest absolute Gasteiger partial charge is 1.00 e. The average Bonchev–Trinajstić information content (AvgIpc) is 2.61. The molecule has 1 saturated heterocycles. The molecule has 0 unspecified atom stereocenters. The minimum absolute atomic E-state index is 0. The van der Waals surface area contributed by atoms with Crippen molar-refractivity contribution in [3.05, 3.63) is 60.9 Å². The van der Waals surface area contributed by atoms with Crippen LogP contribution in [0.5, 0.6) is 0 Å². The number of rotatable bonds is 2. The van der Waals surface area contributed by atoms with Crippen LogP contribution in [0, 0.1) is 12.2 Å². The summed E-state index contributed by atoms with van der Waals surface area (Å²) < 4.78 is 13.6. The number of hydrogen-bond acceptors (Lipinski definition) is 3. The van der Waals surface area contributed by atoms with E-state index in [4.69, 9.17) is 4.98 Å². The summed E-state index contributed by atoms with van der Waals surface area (Å²) >= 11 is 0. The fourth-order valence-corrected chi connectivity index (χ4v) is 3.05. The maximum atomic E-state index is 13.6. The molecule has 0 aliphatic carbocycles. The fourth-order valence-electron chi connectivity index (χ4n) is 3.05. The summed E-state index contributed by atoms with van der Waals surface area (Å²) in [5, 5.41) is 1.03. The third-order valence-corrected chi connectivity index (χ3v) is 4.20. The van der Waals surface area contributed by atoms with E-state index < -0.39 is 0 Å². The van der Waals surface area contributed by atoms with E-state index in [2.05, 4.69) is 22.4 Å². The maximum Gasteiger partial charge on any atom is 1.00 e. The van der Waals surface area contributed by atoms with E-state index in [1.54, 1.807) is 12.3 Å². The van der Waals surface area contributed by atoms with Crippen LogP contribution in [0.3, 0.4) is 0 Å². The number of nitrogens with zero attached hydrogens (tertiary/aromatic N) is 3. The predicted molar refractivity (Wildman–Crippen MR) is 90.7 cm³/mol. The topological polar surface area (TPSA) is 29.0 Å². The van der Waals surface area contributed by atoms with Gasteiger partial charge in [0.2, 0.25) is 0 Å². The molecule has 5 heteroatoms. The Kier molecular flexibility index (Phi) is 5.49. The molecule has 1 aliphatic heterocycles. The van der Waals surface area contributed by atoms with Crippen molar-refractivity contribution in [3.63, 3.8) is 0 Å². The molecule has 3 heterocycles. The summed E-state index contributed by atoms with van der Waals surface area (Å²) in [7, 11) is 0. The van der Waals surface area contributed by atoms with Gasteiger partial charge in [-0.25, -0.2) is 9.37 Å². The Hall–Kier alpha value is -1.49. The molecular weight excluding hydrogens is 312 g/mol. The van der Waals surface area contributed by atoms with Gasteiger partial charge in [0, 0.05) is 17.1 Å². The molecule has 0 bridgehead atoms. The first-order valence-electron chi connectivity index (χ1n) is 7.89. The Morgan fingerprint density at radius 3 is 2.67 bits per heavy atom. The van der Waals surface area contributed by atoms with E-state index in [-0.39, 0.29) is 35.4 Å². The summed E-state index contributed by atoms with van der Waals surface area (Å²) in [6.07, 6.45) is 6.21. The number of aromatic nitrogens is 2. The van der Waals surface area contributed by atoms with Gasteiger partial charge >= 0.3 is 29.6 Å². The van der Waals surface area contributed by atoms with Crippen molar-refractivity contribution in [3.8, 4) is 11.3 Å². The second-order valence-electron chi connectivity index (χ2n) is 5.77. The minimum atomic E-state index is -0.258. The minimum Gasteiger partial charge on any atom is -0.362 e. The predicted octanol–water partition coefficient (Wildman–Crippen LogP) is 1.24. The van der Waals surface area contributed by atoms with Crippen LogP contribution >= 0.6 is 0 Å². The van der Waals surface area contributed by atoms with Crippen molar-refractivity contribution in [2.75, 3.05) is 18.0 Å². The van der Waals surface area contributed by atoms with E-state index in [9.17, 15) is 4.39 Å². The standard InChI is InChI=1S/C19H17FN3.Na/c20-16-8-4-6-14(12-16)19-18-15(7-5-9-21-18)13-17(22-19)23-10-2-1-3-11-23;/h1,4-9,12-13H,2-3,10-11H2;/q-1;+1. The molecule has 116 valence electrons. The van der Waals surface area contributed by atoms with E-state index >= 15 is 0 Å². The first kappa shape index (κ1) is 17.3. The average molecular weight is 329 g/mol. The van der Waals surface area contributed by atoms with Crippen LogP contribution in [-0.4, -0.2) is 23.1 Å². The van der Waals surface area contributed by atoms with E-state index in [1.807, 2.05) is 18.2 Å². The van der Waals surface area contributed by atoms with Gasteiger partial charge in [-0.1, -0.05) is 18.2 Å². The fraction of sp³-hybridized carbons (Fsp3) is 0.211. The Morgan fingerprint density at radius 2 is 1.88 bits per heavy atom. The van der Waals surface area contributed by atoms with Crippen molar-refractivity contribution >= 4 is 16.7 Å². The van der Waals surface area contributed by atoms with Gasteiger partial charge in [0.15, 0.2) is 0 Å². The number of halogens is 1. The first-order chi connectivity index (χ1) is 11.3. The molecule has 3 nitrogen and oxygen atoms in total. The normalized spacial score (nSPS) is 14.5. The molecular formula is C19H17FN3Na.